The molecule has 0 saturated heterocycles. The van der Waals surface area contributed by atoms with Crippen molar-refractivity contribution in [1.29, 1.82) is 0 Å². The van der Waals surface area contributed by atoms with Crippen LogP contribution < -0.4 is 4.74 Å². The Bertz CT molecular complexity index is 710. The number of benzene rings is 1. The highest BCUT2D eigenvalue weighted by molar-refractivity contribution is 14.1. The molecule has 12 heteroatoms. The third-order valence-electron chi connectivity index (χ3n) is 3.70. The summed E-state index contributed by atoms with van der Waals surface area (Å²) >= 11 is 0.986. The van der Waals surface area contributed by atoms with Crippen molar-refractivity contribution in [2.75, 3.05) is 7.11 Å². The van der Waals surface area contributed by atoms with Gasteiger partial charge in [-0.05, 0) is 47.2 Å². The van der Waals surface area contributed by atoms with Gasteiger partial charge >= 0.3 is 23.9 Å². The summed E-state index contributed by atoms with van der Waals surface area (Å²) in [5.41, 5.74) is -1.91. The van der Waals surface area contributed by atoms with E-state index >= 15 is 0 Å². The number of hydrogen-bond donors (Lipinski definition) is 1. The molecular formula is C16H14F9IO2. The van der Waals surface area contributed by atoms with Gasteiger partial charge in [-0.15, -0.1) is 0 Å². The summed E-state index contributed by atoms with van der Waals surface area (Å²) in [6, 6.07) is 5.74. The molecule has 0 aliphatic heterocycles. The Kier molecular flexibility index (Phi) is 7.03. The molecule has 28 heavy (non-hydrogen) atoms. The predicted octanol–water partition coefficient (Wildman–Crippen LogP) is 5.78. The van der Waals surface area contributed by atoms with E-state index in [-0.39, 0.29) is 0 Å². The molecule has 0 amide bonds. The number of hydrogen-bond acceptors (Lipinski definition) is 2. The number of ether oxygens (including phenoxy) is 1. The molecule has 0 radical (unpaired) electrons. The molecule has 0 fully saturated rings. The molecule has 0 aliphatic carbocycles. The third kappa shape index (κ3) is 4.86. The Morgan fingerprint density at radius 1 is 0.964 bits per heavy atom. The van der Waals surface area contributed by atoms with Crippen LogP contribution >= 0.6 is 22.6 Å². The SMILES string of the molecule is COc1ccc(CC(C)(O)C(I)=CC(F)(F)C(F)(F)C(F)(F)C(F)(F)F)cc1. The molecule has 1 aromatic carbocycles. The summed E-state index contributed by atoms with van der Waals surface area (Å²) in [6.07, 6.45) is -8.09. The van der Waals surface area contributed by atoms with Crippen molar-refractivity contribution in [2.45, 2.75) is 42.9 Å². The molecule has 0 aliphatic rings. The van der Waals surface area contributed by atoms with Crippen LogP contribution in [0.25, 0.3) is 0 Å². The lowest BCUT2D eigenvalue weighted by atomic mass is 9.94. The lowest BCUT2D eigenvalue weighted by Crippen LogP contribution is -2.60. The molecule has 0 aromatic heterocycles. The van der Waals surface area contributed by atoms with E-state index in [1.165, 1.54) is 31.4 Å². The van der Waals surface area contributed by atoms with Gasteiger partial charge in [0, 0.05) is 16.1 Å². The number of methoxy groups -OCH3 is 1. The van der Waals surface area contributed by atoms with Gasteiger partial charge in [-0.3, -0.25) is 0 Å². The van der Waals surface area contributed by atoms with Crippen LogP contribution in [-0.4, -0.2) is 41.8 Å². The van der Waals surface area contributed by atoms with Crippen molar-refractivity contribution < 1.29 is 49.4 Å². The average Bonchev–Trinajstić information content (AvgIpc) is 2.53. The summed E-state index contributed by atoms with van der Waals surface area (Å²) in [7, 11) is 1.37. The molecule has 1 atom stereocenters. The van der Waals surface area contributed by atoms with Gasteiger partial charge in [0.2, 0.25) is 0 Å². The van der Waals surface area contributed by atoms with Gasteiger partial charge in [0.05, 0.1) is 12.7 Å². The van der Waals surface area contributed by atoms with Crippen molar-refractivity contribution in [2.24, 2.45) is 0 Å². The standard InChI is InChI=1S/C16H14F9IO2/c1-12(27,7-9-3-5-10(28-2)6-4-9)11(26)8-13(17,18)14(19,20)15(21,22)16(23,24)25/h3-6,8,27H,7H2,1-2H3. The van der Waals surface area contributed by atoms with Crippen molar-refractivity contribution in [3.05, 3.63) is 39.5 Å². The smallest absolute Gasteiger partial charge is 0.460 e. The first-order chi connectivity index (χ1) is 12.4. The van der Waals surface area contributed by atoms with Gasteiger partial charge in [-0.2, -0.15) is 39.5 Å². The largest absolute Gasteiger partial charge is 0.497 e. The van der Waals surface area contributed by atoms with E-state index in [4.69, 9.17) is 4.74 Å². The number of halogens is 10. The Hall–Kier alpha value is -1.18. The van der Waals surface area contributed by atoms with Crippen LogP contribution in [0, 0.1) is 0 Å². The fourth-order valence-corrected chi connectivity index (χ4v) is 2.60. The van der Waals surface area contributed by atoms with Crippen molar-refractivity contribution in [1.82, 2.24) is 0 Å². The predicted molar refractivity (Wildman–Crippen MR) is 90.3 cm³/mol. The fourth-order valence-electron chi connectivity index (χ4n) is 2.02. The molecule has 2 nitrogen and oxygen atoms in total. The topological polar surface area (TPSA) is 29.5 Å². The van der Waals surface area contributed by atoms with Crippen LogP contribution in [0.2, 0.25) is 0 Å². The van der Waals surface area contributed by atoms with Gasteiger partial charge in [0.15, 0.2) is 0 Å². The number of rotatable bonds is 7. The van der Waals surface area contributed by atoms with Gasteiger partial charge in [-0.25, -0.2) is 0 Å². The molecule has 160 valence electrons. The van der Waals surface area contributed by atoms with E-state index in [2.05, 4.69) is 0 Å². The van der Waals surface area contributed by atoms with Crippen molar-refractivity contribution >= 4 is 22.6 Å². The third-order valence-corrected chi connectivity index (χ3v) is 5.17. The normalized spacial score (nSPS) is 16.7. The summed E-state index contributed by atoms with van der Waals surface area (Å²) in [4.78, 5) is 0. The van der Waals surface area contributed by atoms with Crippen LogP contribution in [0.3, 0.4) is 0 Å². The minimum Gasteiger partial charge on any atom is -0.497 e. The van der Waals surface area contributed by atoms with Crippen LogP contribution in [0.5, 0.6) is 5.75 Å². The highest BCUT2D eigenvalue weighted by atomic mass is 127. The first kappa shape index (κ1) is 24.9. The van der Waals surface area contributed by atoms with E-state index in [0.29, 0.717) is 11.3 Å². The van der Waals surface area contributed by atoms with E-state index in [1.54, 1.807) is 0 Å². The Morgan fingerprint density at radius 2 is 1.43 bits per heavy atom. The highest BCUT2D eigenvalue weighted by Gasteiger charge is 2.81. The summed E-state index contributed by atoms with van der Waals surface area (Å²) in [5.74, 6) is -19.2. The molecule has 0 heterocycles. The number of aliphatic hydroxyl groups is 1. The molecule has 0 spiro atoms. The van der Waals surface area contributed by atoms with Gasteiger partial charge in [0.25, 0.3) is 0 Å². The van der Waals surface area contributed by atoms with E-state index in [1.807, 2.05) is 0 Å². The van der Waals surface area contributed by atoms with E-state index < -0.39 is 45.6 Å². The van der Waals surface area contributed by atoms with E-state index in [0.717, 1.165) is 29.5 Å². The summed E-state index contributed by atoms with van der Waals surface area (Å²) in [5, 5.41) is 10.3. The van der Waals surface area contributed by atoms with Crippen LogP contribution in [-0.2, 0) is 6.42 Å². The lowest BCUT2D eigenvalue weighted by Gasteiger charge is -2.33. The Balaban J connectivity index is 3.20. The van der Waals surface area contributed by atoms with Crippen molar-refractivity contribution in [3.63, 3.8) is 0 Å². The van der Waals surface area contributed by atoms with Gasteiger partial charge in [-0.1, -0.05) is 12.1 Å². The summed E-state index contributed by atoms with van der Waals surface area (Å²) < 4.78 is 120. The minimum absolute atomic E-state index is 0.337. The van der Waals surface area contributed by atoms with Gasteiger partial charge in [0.1, 0.15) is 5.75 Å². The van der Waals surface area contributed by atoms with Crippen LogP contribution in [0.15, 0.2) is 33.9 Å². The Labute approximate surface area is 167 Å². The summed E-state index contributed by atoms with van der Waals surface area (Å²) in [6.45, 7) is 0.922. The zero-order valence-corrected chi connectivity index (χ0v) is 16.4. The molecule has 1 N–H and O–H groups in total. The second-order valence-corrected chi connectivity index (χ2v) is 7.22. The zero-order chi connectivity index (χ0) is 22.2. The molecule has 0 saturated carbocycles. The van der Waals surface area contributed by atoms with Crippen molar-refractivity contribution in [3.8, 4) is 5.75 Å². The van der Waals surface area contributed by atoms with Gasteiger partial charge < -0.3 is 9.84 Å². The maximum absolute atomic E-state index is 13.7. The molecule has 1 rings (SSSR count). The molecular weight excluding hydrogens is 522 g/mol. The molecule has 1 unspecified atom stereocenters. The monoisotopic (exact) mass is 536 g/mol. The highest BCUT2D eigenvalue weighted by Crippen LogP contribution is 2.54. The molecule has 1 aromatic rings. The van der Waals surface area contributed by atoms with Crippen LogP contribution in [0.1, 0.15) is 12.5 Å². The number of allylic oxidation sites excluding steroid dienone is 1. The first-order valence-corrected chi connectivity index (χ1v) is 8.41. The zero-order valence-electron chi connectivity index (χ0n) is 14.2. The number of alkyl halides is 9. The second-order valence-electron chi connectivity index (χ2n) is 6.06. The average molecular weight is 536 g/mol. The first-order valence-electron chi connectivity index (χ1n) is 7.33. The second kappa shape index (κ2) is 7.92. The minimum atomic E-state index is -6.99. The lowest BCUT2D eigenvalue weighted by molar-refractivity contribution is -0.388. The Morgan fingerprint density at radius 3 is 1.82 bits per heavy atom. The maximum Gasteiger partial charge on any atom is 0.460 e. The molecule has 0 bridgehead atoms. The fraction of sp³-hybridized carbons (Fsp3) is 0.500. The quantitative estimate of drug-likeness (QED) is 0.354. The maximum atomic E-state index is 13.7. The van der Waals surface area contributed by atoms with Crippen LogP contribution in [0.4, 0.5) is 39.5 Å². The van der Waals surface area contributed by atoms with E-state index in [9.17, 15) is 44.6 Å².